The zero-order valence-electron chi connectivity index (χ0n) is 10.7. The van der Waals surface area contributed by atoms with Gasteiger partial charge in [0, 0.05) is 20.1 Å². The Labute approximate surface area is 97.6 Å². The summed E-state index contributed by atoms with van der Waals surface area (Å²) in [4.78, 5) is 24.6. The van der Waals surface area contributed by atoms with Crippen LogP contribution in [0, 0.1) is 0 Å². The highest BCUT2D eigenvalue weighted by Gasteiger charge is 2.17. The first kappa shape index (κ1) is 14.7. The van der Waals surface area contributed by atoms with E-state index in [4.69, 9.17) is 0 Å². The number of urea groups is 1. The number of unbranched alkanes of at least 4 members (excludes halogenated alkanes) is 1. The van der Waals surface area contributed by atoms with Crippen molar-refractivity contribution in [2.75, 3.05) is 20.1 Å². The van der Waals surface area contributed by atoms with Crippen molar-refractivity contribution in [2.24, 2.45) is 0 Å². The van der Waals surface area contributed by atoms with E-state index in [2.05, 4.69) is 17.6 Å². The molecule has 0 saturated carbocycles. The molecular weight excluding hydrogens is 206 g/mol. The SMILES string of the molecule is CCCCNC(=O)NC(C)C(=O)N(C)CC. The second-order valence-corrected chi connectivity index (χ2v) is 3.83. The fraction of sp³-hybridized carbons (Fsp3) is 0.818. The van der Waals surface area contributed by atoms with Gasteiger partial charge in [0.25, 0.3) is 0 Å². The van der Waals surface area contributed by atoms with Crippen LogP contribution in [0.5, 0.6) is 0 Å². The van der Waals surface area contributed by atoms with E-state index in [0.29, 0.717) is 13.1 Å². The number of carbonyl (C=O) groups excluding carboxylic acids is 2. The van der Waals surface area contributed by atoms with Crippen molar-refractivity contribution in [1.82, 2.24) is 15.5 Å². The van der Waals surface area contributed by atoms with Crippen molar-refractivity contribution < 1.29 is 9.59 Å². The maximum Gasteiger partial charge on any atom is 0.315 e. The molecule has 2 N–H and O–H groups in total. The van der Waals surface area contributed by atoms with Gasteiger partial charge in [-0.15, -0.1) is 0 Å². The Morgan fingerprint density at radius 2 is 1.94 bits per heavy atom. The molecule has 0 rings (SSSR count). The van der Waals surface area contributed by atoms with Crippen LogP contribution < -0.4 is 10.6 Å². The third-order valence-electron chi connectivity index (χ3n) is 2.38. The third kappa shape index (κ3) is 5.58. The van der Waals surface area contributed by atoms with Gasteiger partial charge >= 0.3 is 6.03 Å². The molecule has 0 saturated heterocycles. The number of hydrogen-bond acceptors (Lipinski definition) is 2. The predicted molar refractivity (Wildman–Crippen MR) is 64.2 cm³/mol. The molecule has 0 fully saturated rings. The van der Waals surface area contributed by atoms with E-state index < -0.39 is 6.04 Å². The summed E-state index contributed by atoms with van der Waals surface area (Å²) in [6.07, 6.45) is 1.98. The molecule has 0 spiro atoms. The summed E-state index contributed by atoms with van der Waals surface area (Å²) in [5.41, 5.74) is 0. The van der Waals surface area contributed by atoms with Gasteiger partial charge in [0.15, 0.2) is 0 Å². The molecule has 1 atom stereocenters. The van der Waals surface area contributed by atoms with Crippen molar-refractivity contribution in [3.8, 4) is 0 Å². The lowest BCUT2D eigenvalue weighted by atomic mass is 10.3. The van der Waals surface area contributed by atoms with Crippen LogP contribution in [0.25, 0.3) is 0 Å². The molecule has 0 aliphatic rings. The minimum atomic E-state index is -0.480. The Hall–Kier alpha value is -1.26. The molecule has 0 aromatic carbocycles. The summed E-state index contributed by atoms with van der Waals surface area (Å²) in [6, 6.07) is -0.759. The molecule has 0 aromatic heterocycles. The zero-order valence-corrected chi connectivity index (χ0v) is 10.7. The summed E-state index contributed by atoms with van der Waals surface area (Å²) in [6.45, 7) is 6.93. The summed E-state index contributed by atoms with van der Waals surface area (Å²) in [5.74, 6) is -0.0758. The lowest BCUT2D eigenvalue weighted by Gasteiger charge is -2.20. The van der Waals surface area contributed by atoms with Gasteiger partial charge in [-0.2, -0.15) is 0 Å². The van der Waals surface area contributed by atoms with E-state index in [0.717, 1.165) is 12.8 Å². The lowest BCUT2D eigenvalue weighted by molar-refractivity contribution is -0.131. The number of rotatable bonds is 6. The van der Waals surface area contributed by atoms with Crippen molar-refractivity contribution in [3.63, 3.8) is 0 Å². The van der Waals surface area contributed by atoms with E-state index in [9.17, 15) is 9.59 Å². The smallest absolute Gasteiger partial charge is 0.315 e. The summed E-state index contributed by atoms with van der Waals surface area (Å²) >= 11 is 0. The van der Waals surface area contributed by atoms with Crippen molar-refractivity contribution in [3.05, 3.63) is 0 Å². The van der Waals surface area contributed by atoms with Crippen LogP contribution in [0.2, 0.25) is 0 Å². The van der Waals surface area contributed by atoms with Gasteiger partial charge in [-0.3, -0.25) is 4.79 Å². The molecule has 1 unspecified atom stereocenters. The van der Waals surface area contributed by atoms with Gasteiger partial charge in [0.2, 0.25) is 5.91 Å². The molecule has 16 heavy (non-hydrogen) atoms. The Morgan fingerprint density at radius 1 is 1.31 bits per heavy atom. The quantitative estimate of drug-likeness (QED) is 0.666. The van der Waals surface area contributed by atoms with Gasteiger partial charge in [-0.1, -0.05) is 13.3 Å². The van der Waals surface area contributed by atoms with Crippen LogP contribution in [0.15, 0.2) is 0 Å². The highest BCUT2D eigenvalue weighted by Crippen LogP contribution is 1.91. The monoisotopic (exact) mass is 229 g/mol. The van der Waals surface area contributed by atoms with E-state index in [-0.39, 0.29) is 11.9 Å². The Bertz CT molecular complexity index is 231. The van der Waals surface area contributed by atoms with Crippen molar-refractivity contribution in [2.45, 2.75) is 39.7 Å². The van der Waals surface area contributed by atoms with E-state index in [1.165, 1.54) is 0 Å². The first-order valence-corrected chi connectivity index (χ1v) is 5.82. The summed E-state index contributed by atoms with van der Waals surface area (Å²) < 4.78 is 0. The molecular formula is C11H23N3O2. The van der Waals surface area contributed by atoms with Gasteiger partial charge < -0.3 is 15.5 Å². The van der Waals surface area contributed by atoms with Gasteiger partial charge in [0.05, 0.1) is 0 Å². The molecule has 0 bridgehead atoms. The van der Waals surface area contributed by atoms with Crippen LogP contribution in [0.4, 0.5) is 4.79 Å². The largest absolute Gasteiger partial charge is 0.344 e. The first-order chi connectivity index (χ1) is 7.52. The lowest BCUT2D eigenvalue weighted by Crippen LogP contribution is -2.48. The molecule has 0 aliphatic carbocycles. The number of carbonyl (C=O) groups is 2. The number of likely N-dealkylation sites (N-methyl/N-ethyl adjacent to an activating group) is 1. The summed E-state index contributed by atoms with van der Waals surface area (Å²) in [5, 5.41) is 5.32. The summed E-state index contributed by atoms with van der Waals surface area (Å²) in [7, 11) is 1.72. The second kappa shape index (κ2) is 7.96. The average molecular weight is 229 g/mol. The minimum absolute atomic E-state index is 0.0758. The van der Waals surface area contributed by atoms with Crippen LogP contribution in [0.1, 0.15) is 33.6 Å². The highest BCUT2D eigenvalue weighted by molar-refractivity contribution is 5.86. The van der Waals surface area contributed by atoms with E-state index in [1.807, 2.05) is 6.92 Å². The van der Waals surface area contributed by atoms with Crippen molar-refractivity contribution >= 4 is 11.9 Å². The third-order valence-corrected chi connectivity index (χ3v) is 2.38. The van der Waals surface area contributed by atoms with E-state index >= 15 is 0 Å². The Balaban J connectivity index is 3.89. The number of hydrogen-bond donors (Lipinski definition) is 2. The maximum atomic E-state index is 11.6. The van der Waals surface area contributed by atoms with Gasteiger partial charge in [0.1, 0.15) is 6.04 Å². The normalized spacial score (nSPS) is 11.8. The van der Waals surface area contributed by atoms with Gasteiger partial charge in [-0.25, -0.2) is 4.79 Å². The molecule has 5 nitrogen and oxygen atoms in total. The standard InChI is InChI=1S/C11H23N3O2/c1-5-7-8-12-11(16)13-9(3)10(15)14(4)6-2/h9H,5-8H2,1-4H3,(H2,12,13,16). The molecule has 3 amide bonds. The minimum Gasteiger partial charge on any atom is -0.344 e. The number of nitrogens with one attached hydrogen (secondary N) is 2. The molecule has 94 valence electrons. The average Bonchev–Trinajstić information content (AvgIpc) is 2.27. The first-order valence-electron chi connectivity index (χ1n) is 5.82. The molecule has 0 aliphatic heterocycles. The number of nitrogens with zero attached hydrogens (tertiary/aromatic N) is 1. The highest BCUT2D eigenvalue weighted by atomic mass is 16.2. The molecule has 0 radical (unpaired) electrons. The topological polar surface area (TPSA) is 61.4 Å². The number of amides is 3. The fourth-order valence-corrected chi connectivity index (χ4v) is 1.17. The Morgan fingerprint density at radius 3 is 2.44 bits per heavy atom. The zero-order chi connectivity index (χ0) is 12.6. The molecule has 5 heteroatoms. The maximum absolute atomic E-state index is 11.6. The van der Waals surface area contributed by atoms with E-state index in [1.54, 1.807) is 18.9 Å². The molecule has 0 aromatic rings. The fourth-order valence-electron chi connectivity index (χ4n) is 1.17. The van der Waals surface area contributed by atoms with Crippen LogP contribution >= 0.6 is 0 Å². The predicted octanol–water partition coefficient (Wildman–Crippen LogP) is 0.952. The van der Waals surface area contributed by atoms with Crippen LogP contribution in [-0.2, 0) is 4.79 Å². The van der Waals surface area contributed by atoms with Crippen LogP contribution in [0.3, 0.4) is 0 Å². The Kier molecular flexibility index (Phi) is 7.33. The van der Waals surface area contributed by atoms with Crippen LogP contribution in [-0.4, -0.2) is 43.0 Å². The van der Waals surface area contributed by atoms with Crippen molar-refractivity contribution in [1.29, 1.82) is 0 Å². The molecule has 0 heterocycles. The second-order valence-electron chi connectivity index (χ2n) is 3.83. The van der Waals surface area contributed by atoms with Gasteiger partial charge in [-0.05, 0) is 20.3 Å².